The van der Waals surface area contributed by atoms with Crippen molar-refractivity contribution in [1.29, 1.82) is 0 Å². The fraction of sp³-hybridized carbons (Fsp3) is 0.588. The number of carbonyl (C=O) groups excluding carboxylic acids is 1. The average Bonchev–Trinajstić information content (AvgIpc) is 2.46. The minimum atomic E-state index is -0.277. The van der Waals surface area contributed by atoms with Crippen molar-refractivity contribution in [2.24, 2.45) is 0 Å². The molecule has 1 aromatic carbocycles. The molecule has 110 valence electrons. The van der Waals surface area contributed by atoms with Gasteiger partial charge in [0.1, 0.15) is 6.04 Å². The normalized spacial score (nSPS) is 17.1. The average molecular weight is 275 g/mol. The quantitative estimate of drug-likeness (QED) is 0.839. The molecule has 0 heterocycles. The SMILES string of the molecule is CCOC(=O)C(C)NC(C)c1ccc2c(c1)CCCC2. The minimum absolute atomic E-state index is 0.154. The van der Waals surface area contributed by atoms with Gasteiger partial charge < -0.3 is 4.74 Å². The summed E-state index contributed by atoms with van der Waals surface area (Å²) in [5, 5.41) is 3.31. The highest BCUT2D eigenvalue weighted by molar-refractivity contribution is 5.75. The standard InChI is InChI=1S/C17H25NO2/c1-4-20-17(19)13(3)18-12(2)15-10-9-14-7-5-6-8-16(14)11-15/h9-13,18H,4-8H2,1-3H3. The lowest BCUT2D eigenvalue weighted by atomic mass is 9.89. The van der Waals surface area contributed by atoms with Crippen LogP contribution in [0.1, 0.15) is 56.3 Å². The van der Waals surface area contributed by atoms with Crippen molar-refractivity contribution in [1.82, 2.24) is 5.32 Å². The summed E-state index contributed by atoms with van der Waals surface area (Å²) >= 11 is 0. The van der Waals surface area contributed by atoms with E-state index in [1.54, 1.807) is 0 Å². The summed E-state index contributed by atoms with van der Waals surface area (Å²) in [5.74, 6) is -0.183. The molecule has 2 atom stereocenters. The molecule has 20 heavy (non-hydrogen) atoms. The van der Waals surface area contributed by atoms with Crippen molar-refractivity contribution in [3.8, 4) is 0 Å². The summed E-state index contributed by atoms with van der Waals surface area (Å²) in [6, 6.07) is 6.60. The van der Waals surface area contributed by atoms with E-state index in [0.29, 0.717) is 6.61 Å². The highest BCUT2D eigenvalue weighted by atomic mass is 16.5. The Balaban J connectivity index is 2.02. The minimum Gasteiger partial charge on any atom is -0.465 e. The first-order valence-electron chi connectivity index (χ1n) is 7.66. The molecule has 0 bridgehead atoms. The number of rotatable bonds is 5. The number of nitrogens with one attached hydrogen (secondary N) is 1. The number of fused-ring (bicyclic) bond motifs is 1. The number of esters is 1. The Bertz CT molecular complexity index is 470. The van der Waals surface area contributed by atoms with Crippen LogP contribution in [-0.4, -0.2) is 18.6 Å². The molecular formula is C17H25NO2. The summed E-state index contributed by atoms with van der Waals surface area (Å²) in [6.45, 7) is 6.21. The van der Waals surface area contributed by atoms with Crippen LogP contribution in [0.4, 0.5) is 0 Å². The lowest BCUT2D eigenvalue weighted by molar-refractivity contribution is -0.145. The zero-order valence-electron chi connectivity index (χ0n) is 12.7. The summed E-state index contributed by atoms with van der Waals surface area (Å²) < 4.78 is 5.03. The van der Waals surface area contributed by atoms with Gasteiger partial charge in [-0.1, -0.05) is 18.2 Å². The molecule has 0 radical (unpaired) electrons. The van der Waals surface area contributed by atoms with E-state index in [0.717, 1.165) is 0 Å². The van der Waals surface area contributed by atoms with E-state index >= 15 is 0 Å². The third-order valence-electron chi connectivity index (χ3n) is 4.01. The highest BCUT2D eigenvalue weighted by Crippen LogP contribution is 2.24. The van der Waals surface area contributed by atoms with Crippen molar-refractivity contribution in [3.05, 3.63) is 34.9 Å². The number of hydrogen-bond acceptors (Lipinski definition) is 3. The molecule has 0 amide bonds. The van der Waals surface area contributed by atoms with Crippen molar-refractivity contribution < 1.29 is 9.53 Å². The van der Waals surface area contributed by atoms with Crippen LogP contribution in [0.3, 0.4) is 0 Å². The van der Waals surface area contributed by atoms with Gasteiger partial charge in [-0.15, -0.1) is 0 Å². The summed E-state index contributed by atoms with van der Waals surface area (Å²) in [6.07, 6.45) is 4.98. The summed E-state index contributed by atoms with van der Waals surface area (Å²) in [4.78, 5) is 11.7. The van der Waals surface area contributed by atoms with Gasteiger partial charge in [0.25, 0.3) is 0 Å². The van der Waals surface area contributed by atoms with Crippen molar-refractivity contribution in [2.75, 3.05) is 6.61 Å². The van der Waals surface area contributed by atoms with E-state index in [-0.39, 0.29) is 18.1 Å². The molecule has 0 fully saturated rings. The van der Waals surface area contributed by atoms with Crippen LogP contribution >= 0.6 is 0 Å². The van der Waals surface area contributed by atoms with Crippen molar-refractivity contribution in [3.63, 3.8) is 0 Å². The van der Waals surface area contributed by atoms with E-state index in [9.17, 15) is 4.79 Å². The second-order valence-corrected chi connectivity index (χ2v) is 5.60. The lowest BCUT2D eigenvalue weighted by Gasteiger charge is -2.22. The van der Waals surface area contributed by atoms with Crippen LogP contribution in [0.25, 0.3) is 0 Å². The van der Waals surface area contributed by atoms with Gasteiger partial charge in [0, 0.05) is 6.04 Å². The Kier molecular flexibility index (Phi) is 5.18. The molecule has 0 saturated heterocycles. The summed E-state index contributed by atoms with van der Waals surface area (Å²) in [7, 11) is 0. The second-order valence-electron chi connectivity index (χ2n) is 5.60. The number of carbonyl (C=O) groups is 1. The Hall–Kier alpha value is -1.35. The van der Waals surface area contributed by atoms with Crippen molar-refractivity contribution in [2.45, 2.75) is 58.5 Å². The maximum Gasteiger partial charge on any atom is 0.322 e. The van der Waals surface area contributed by atoms with Crippen LogP contribution in [0, 0.1) is 0 Å². The van der Waals surface area contributed by atoms with E-state index in [1.807, 2.05) is 13.8 Å². The zero-order chi connectivity index (χ0) is 14.5. The molecule has 0 aliphatic heterocycles. The van der Waals surface area contributed by atoms with E-state index in [4.69, 9.17) is 4.74 Å². The molecule has 0 saturated carbocycles. The number of hydrogen-bond donors (Lipinski definition) is 1. The van der Waals surface area contributed by atoms with Gasteiger partial charge in [-0.2, -0.15) is 0 Å². The van der Waals surface area contributed by atoms with Crippen LogP contribution < -0.4 is 5.32 Å². The molecule has 0 spiro atoms. The second kappa shape index (κ2) is 6.89. The first-order chi connectivity index (χ1) is 9.61. The smallest absolute Gasteiger partial charge is 0.322 e. The summed E-state index contributed by atoms with van der Waals surface area (Å²) in [5.41, 5.74) is 4.22. The van der Waals surface area contributed by atoms with Gasteiger partial charge in [-0.25, -0.2) is 0 Å². The Morgan fingerprint density at radius 2 is 1.95 bits per heavy atom. The van der Waals surface area contributed by atoms with Gasteiger partial charge in [0.2, 0.25) is 0 Å². The van der Waals surface area contributed by atoms with Gasteiger partial charge in [0.15, 0.2) is 0 Å². The van der Waals surface area contributed by atoms with E-state index in [2.05, 4.69) is 30.4 Å². The molecule has 2 unspecified atom stereocenters. The third kappa shape index (κ3) is 3.60. The molecule has 1 aliphatic rings. The molecule has 0 aromatic heterocycles. The maximum atomic E-state index is 11.7. The van der Waals surface area contributed by atoms with Crippen LogP contribution in [0.15, 0.2) is 18.2 Å². The molecule has 2 rings (SSSR count). The molecular weight excluding hydrogens is 250 g/mol. The largest absolute Gasteiger partial charge is 0.465 e. The Morgan fingerprint density at radius 1 is 1.25 bits per heavy atom. The van der Waals surface area contributed by atoms with Crippen LogP contribution in [0.2, 0.25) is 0 Å². The third-order valence-corrected chi connectivity index (χ3v) is 4.01. The van der Waals surface area contributed by atoms with Crippen molar-refractivity contribution >= 4 is 5.97 Å². The number of ether oxygens (including phenoxy) is 1. The first-order valence-corrected chi connectivity index (χ1v) is 7.66. The number of benzene rings is 1. The first kappa shape index (κ1) is 15.0. The number of aryl methyl sites for hydroxylation is 2. The van der Waals surface area contributed by atoms with Gasteiger partial charge in [-0.05, 0) is 63.1 Å². The molecule has 3 nitrogen and oxygen atoms in total. The predicted molar refractivity (Wildman–Crippen MR) is 80.7 cm³/mol. The predicted octanol–water partition coefficient (Wildman–Crippen LogP) is 3.17. The fourth-order valence-corrected chi connectivity index (χ4v) is 2.83. The van der Waals surface area contributed by atoms with E-state index < -0.39 is 0 Å². The lowest BCUT2D eigenvalue weighted by Crippen LogP contribution is -2.37. The van der Waals surface area contributed by atoms with Crippen LogP contribution in [-0.2, 0) is 22.4 Å². The zero-order valence-corrected chi connectivity index (χ0v) is 12.7. The highest BCUT2D eigenvalue weighted by Gasteiger charge is 2.18. The Labute approximate surface area is 121 Å². The molecule has 1 N–H and O–H groups in total. The molecule has 3 heteroatoms. The molecule has 1 aliphatic carbocycles. The topological polar surface area (TPSA) is 38.3 Å². The van der Waals surface area contributed by atoms with Gasteiger partial charge in [0.05, 0.1) is 6.61 Å². The monoisotopic (exact) mass is 275 g/mol. The van der Waals surface area contributed by atoms with E-state index in [1.165, 1.54) is 42.4 Å². The van der Waals surface area contributed by atoms with Crippen LogP contribution in [0.5, 0.6) is 0 Å². The molecule has 1 aromatic rings. The van der Waals surface area contributed by atoms with Gasteiger partial charge in [-0.3, -0.25) is 10.1 Å². The fourth-order valence-electron chi connectivity index (χ4n) is 2.83. The maximum absolute atomic E-state index is 11.7. The Morgan fingerprint density at radius 3 is 2.65 bits per heavy atom. The van der Waals surface area contributed by atoms with Gasteiger partial charge >= 0.3 is 5.97 Å².